The Hall–Kier alpha value is -1.55. The molecular weight excluding hydrogens is 434 g/mol. The minimum Gasteiger partial charge on any atom is -0.496 e. The maximum atomic E-state index is 9.75. The Labute approximate surface area is 190 Å². The van der Waals surface area contributed by atoms with Crippen LogP contribution >= 0.6 is 7.92 Å². The van der Waals surface area contributed by atoms with Crippen LogP contribution in [0.5, 0.6) is 5.75 Å². The fourth-order valence-corrected chi connectivity index (χ4v) is 9.16. The molecule has 0 radical (unpaired) electrons. The lowest BCUT2D eigenvalue weighted by Gasteiger charge is -2.39. The van der Waals surface area contributed by atoms with E-state index in [-0.39, 0.29) is 7.92 Å². The summed E-state index contributed by atoms with van der Waals surface area (Å²) in [5.74, 6) is 1.01. The van der Waals surface area contributed by atoms with Crippen molar-refractivity contribution in [3.05, 3.63) is 48.5 Å². The monoisotopic (exact) mass is 467 g/mol. The fourth-order valence-electron chi connectivity index (χ4n) is 5.20. The second kappa shape index (κ2) is 12.1. The molecule has 176 valence electrons. The lowest BCUT2D eigenvalue weighted by atomic mass is 9.99. The zero-order chi connectivity index (χ0) is 23.0. The lowest BCUT2D eigenvalue weighted by Crippen LogP contribution is -2.27. The first-order valence-electron chi connectivity index (χ1n) is 11.8. The molecule has 0 aromatic heterocycles. The van der Waals surface area contributed by atoms with E-state index in [0.29, 0.717) is 0 Å². The summed E-state index contributed by atoms with van der Waals surface area (Å²) in [6.45, 7) is 0. The summed E-state index contributed by atoms with van der Waals surface area (Å²) in [4.78, 5) is 0. The van der Waals surface area contributed by atoms with Crippen LogP contribution in [0.15, 0.2) is 48.5 Å². The maximum absolute atomic E-state index is 9.75. The SMILES string of the molecule is COc1ccccc1-c1ccccc1P(C1CCCCC1)C1CCCCC1.F[B-](F)(F)F. The molecule has 0 amide bonds. The average molecular weight is 467 g/mol. The van der Waals surface area contributed by atoms with Gasteiger partial charge < -0.3 is 22.0 Å². The Morgan fingerprint density at radius 1 is 0.688 bits per heavy atom. The molecule has 0 saturated heterocycles. The van der Waals surface area contributed by atoms with E-state index >= 15 is 0 Å². The van der Waals surface area contributed by atoms with Crippen molar-refractivity contribution in [2.24, 2.45) is 0 Å². The van der Waals surface area contributed by atoms with Crippen molar-refractivity contribution < 1.29 is 22.0 Å². The third kappa shape index (κ3) is 7.23. The van der Waals surface area contributed by atoms with Gasteiger partial charge in [0.05, 0.1) is 7.11 Å². The average Bonchev–Trinajstić information content (AvgIpc) is 2.80. The number of benzene rings is 2. The van der Waals surface area contributed by atoms with Crippen LogP contribution in [-0.4, -0.2) is 25.7 Å². The molecule has 2 aromatic carbocycles. The number of rotatable bonds is 5. The number of para-hydroxylation sites is 1. The largest absolute Gasteiger partial charge is 0.673 e. The molecular formula is C25H33BF4OP-. The molecule has 0 N–H and O–H groups in total. The summed E-state index contributed by atoms with van der Waals surface area (Å²) in [7, 11) is -4.31. The quantitative estimate of drug-likeness (QED) is 0.244. The van der Waals surface area contributed by atoms with Crippen LogP contribution in [0, 0.1) is 0 Å². The van der Waals surface area contributed by atoms with E-state index in [2.05, 4.69) is 48.5 Å². The van der Waals surface area contributed by atoms with Crippen LogP contribution in [0.2, 0.25) is 0 Å². The van der Waals surface area contributed by atoms with Gasteiger partial charge >= 0.3 is 7.25 Å². The minimum atomic E-state index is -6.00. The van der Waals surface area contributed by atoms with Gasteiger partial charge in [0, 0.05) is 5.56 Å². The Morgan fingerprint density at radius 2 is 1.12 bits per heavy atom. The van der Waals surface area contributed by atoms with Crippen LogP contribution in [0.4, 0.5) is 17.3 Å². The van der Waals surface area contributed by atoms with E-state index in [0.717, 1.165) is 17.1 Å². The van der Waals surface area contributed by atoms with E-state index in [1.165, 1.54) is 75.3 Å². The highest BCUT2D eigenvalue weighted by Crippen LogP contribution is 2.56. The van der Waals surface area contributed by atoms with Gasteiger partial charge in [-0.05, 0) is 53.9 Å². The summed E-state index contributed by atoms with van der Waals surface area (Å²) in [5, 5.41) is 1.65. The zero-order valence-corrected chi connectivity index (χ0v) is 19.7. The molecule has 0 bridgehead atoms. The van der Waals surface area contributed by atoms with Crippen LogP contribution in [0.25, 0.3) is 11.1 Å². The maximum Gasteiger partial charge on any atom is 0.673 e. The molecule has 0 atom stereocenters. The lowest BCUT2D eigenvalue weighted by molar-refractivity contribution is 0.368. The first-order valence-corrected chi connectivity index (χ1v) is 13.2. The molecule has 2 aromatic rings. The van der Waals surface area contributed by atoms with Gasteiger partial charge in [-0.1, -0.05) is 88.9 Å². The van der Waals surface area contributed by atoms with Gasteiger partial charge in [0.15, 0.2) is 0 Å². The Kier molecular flexibility index (Phi) is 9.46. The highest BCUT2D eigenvalue weighted by molar-refractivity contribution is 7.67. The predicted octanol–water partition coefficient (Wildman–Crippen LogP) is 8.43. The highest BCUT2D eigenvalue weighted by Gasteiger charge is 2.33. The second-order valence-electron chi connectivity index (χ2n) is 8.70. The number of hydrogen-bond acceptors (Lipinski definition) is 1. The predicted molar refractivity (Wildman–Crippen MR) is 129 cm³/mol. The van der Waals surface area contributed by atoms with E-state index in [4.69, 9.17) is 4.74 Å². The molecule has 0 unspecified atom stereocenters. The molecule has 2 fully saturated rings. The van der Waals surface area contributed by atoms with Gasteiger partial charge in [-0.3, -0.25) is 0 Å². The Balaban J connectivity index is 0.000000523. The molecule has 0 spiro atoms. The van der Waals surface area contributed by atoms with Crippen LogP contribution in [0.3, 0.4) is 0 Å². The summed E-state index contributed by atoms with van der Waals surface area (Å²) >= 11 is 0. The van der Waals surface area contributed by atoms with Crippen LogP contribution < -0.4 is 10.0 Å². The zero-order valence-electron chi connectivity index (χ0n) is 18.8. The van der Waals surface area contributed by atoms with Crippen molar-refractivity contribution in [3.63, 3.8) is 0 Å². The van der Waals surface area contributed by atoms with E-state index in [1.54, 1.807) is 12.4 Å². The minimum absolute atomic E-state index is 0.109. The number of methoxy groups -OCH3 is 1. The molecule has 2 aliphatic carbocycles. The van der Waals surface area contributed by atoms with Crippen LogP contribution in [-0.2, 0) is 0 Å². The molecule has 4 rings (SSSR count). The van der Waals surface area contributed by atoms with Crippen molar-refractivity contribution in [1.29, 1.82) is 0 Å². The molecule has 0 heterocycles. The highest BCUT2D eigenvalue weighted by atomic mass is 31.1. The van der Waals surface area contributed by atoms with Crippen LogP contribution in [0.1, 0.15) is 64.2 Å². The van der Waals surface area contributed by atoms with Gasteiger partial charge in [0.2, 0.25) is 0 Å². The van der Waals surface area contributed by atoms with Gasteiger partial charge in [0.25, 0.3) is 0 Å². The van der Waals surface area contributed by atoms with E-state index in [1.807, 2.05) is 0 Å². The van der Waals surface area contributed by atoms with Gasteiger partial charge in [0.1, 0.15) is 5.75 Å². The van der Waals surface area contributed by atoms with Gasteiger partial charge in [-0.15, -0.1) is 0 Å². The molecule has 1 nitrogen and oxygen atoms in total. The van der Waals surface area contributed by atoms with E-state index < -0.39 is 7.25 Å². The van der Waals surface area contributed by atoms with Crippen molar-refractivity contribution in [2.75, 3.05) is 7.11 Å². The number of hydrogen-bond donors (Lipinski definition) is 0. The third-order valence-corrected chi connectivity index (χ3v) is 10.1. The van der Waals surface area contributed by atoms with E-state index in [9.17, 15) is 17.3 Å². The van der Waals surface area contributed by atoms with Crippen molar-refractivity contribution in [3.8, 4) is 16.9 Å². The van der Waals surface area contributed by atoms with Gasteiger partial charge in [-0.25, -0.2) is 0 Å². The van der Waals surface area contributed by atoms with Gasteiger partial charge in [-0.2, -0.15) is 0 Å². The molecule has 7 heteroatoms. The molecule has 2 aliphatic rings. The standard InChI is InChI=1S/C25H33OP.BF4/c1-26-24-18-10-8-16-22(24)23-17-9-11-19-25(23)27(20-12-4-2-5-13-20)21-14-6-3-7-15-21;2-1(3,4)5/h8-11,16-21H,2-7,12-15H2,1H3;/q;-1. The summed E-state index contributed by atoms with van der Waals surface area (Å²) in [6.07, 6.45) is 14.4. The molecule has 32 heavy (non-hydrogen) atoms. The Morgan fingerprint density at radius 3 is 1.62 bits per heavy atom. The smallest absolute Gasteiger partial charge is 0.496 e. The normalized spacial score (nSPS) is 18.2. The number of ether oxygens (including phenoxy) is 1. The summed E-state index contributed by atoms with van der Waals surface area (Å²) in [5.41, 5.74) is 4.55. The first-order chi connectivity index (χ1) is 15.4. The number of halogens is 4. The Bertz CT molecular complexity index is 809. The fraction of sp³-hybridized carbons (Fsp3) is 0.520. The van der Waals surface area contributed by atoms with Crippen molar-refractivity contribution in [2.45, 2.75) is 75.5 Å². The van der Waals surface area contributed by atoms with Crippen molar-refractivity contribution in [1.82, 2.24) is 0 Å². The van der Waals surface area contributed by atoms with Crippen molar-refractivity contribution >= 4 is 20.5 Å². The molecule has 0 aliphatic heterocycles. The summed E-state index contributed by atoms with van der Waals surface area (Å²) in [6, 6.07) is 17.9. The molecule has 2 saturated carbocycles. The first kappa shape index (κ1) is 25.1. The summed E-state index contributed by atoms with van der Waals surface area (Å²) < 4.78 is 44.7. The third-order valence-electron chi connectivity index (χ3n) is 6.52. The second-order valence-corrected chi connectivity index (χ2v) is 11.5. The topological polar surface area (TPSA) is 9.23 Å².